The molecule has 0 saturated carbocycles. The second-order valence-corrected chi connectivity index (χ2v) is 4.39. The average molecular weight is 237 g/mol. The highest BCUT2D eigenvalue weighted by atomic mass is 16.5. The third kappa shape index (κ3) is 2.54. The monoisotopic (exact) mass is 237 g/mol. The molecule has 0 aliphatic heterocycles. The van der Waals surface area contributed by atoms with Crippen molar-refractivity contribution in [2.24, 2.45) is 11.7 Å². The number of nitrogens with two attached hydrogens (primary N) is 1. The Morgan fingerprint density at radius 2 is 2.00 bits per heavy atom. The Morgan fingerprint density at radius 3 is 2.47 bits per heavy atom. The quantitative estimate of drug-likeness (QED) is 0.597. The Labute approximate surface area is 101 Å². The lowest BCUT2D eigenvalue weighted by Gasteiger charge is -2.36. The number of aldehydes is 1. The molecule has 0 fully saturated rings. The second kappa shape index (κ2) is 5.40. The highest BCUT2D eigenvalue weighted by Gasteiger charge is 2.39. The van der Waals surface area contributed by atoms with Gasteiger partial charge in [0.15, 0.2) is 5.72 Å². The summed E-state index contributed by atoms with van der Waals surface area (Å²) in [6, 6.07) is 6.84. The van der Waals surface area contributed by atoms with E-state index in [0.29, 0.717) is 17.4 Å². The van der Waals surface area contributed by atoms with Gasteiger partial charge in [-0.1, -0.05) is 38.1 Å². The molecule has 94 valence electrons. The zero-order valence-corrected chi connectivity index (χ0v) is 10.4. The number of methoxy groups -OCH3 is 1. The summed E-state index contributed by atoms with van der Waals surface area (Å²) in [5.74, 6) is -0.0836. The third-order valence-electron chi connectivity index (χ3n) is 2.92. The first kappa shape index (κ1) is 13.8. The Hall–Kier alpha value is -1.23. The SMILES string of the molecule is CO[C@](N)(c1ccccc1C=O)[C@H](O)C(C)C. The standard InChI is InChI=1S/C13H19NO3/c1-9(2)12(16)13(14,17-3)11-7-5-4-6-10(11)8-15/h4-9,12,16H,14H2,1-3H3/t12-,13-/m1/s1. The second-order valence-electron chi connectivity index (χ2n) is 4.39. The van der Waals surface area contributed by atoms with Gasteiger partial charge < -0.3 is 9.84 Å². The molecule has 1 aromatic rings. The summed E-state index contributed by atoms with van der Waals surface area (Å²) in [4.78, 5) is 11.0. The van der Waals surface area contributed by atoms with E-state index >= 15 is 0 Å². The molecule has 4 heteroatoms. The number of carbonyl (C=O) groups excluding carboxylic acids is 1. The van der Waals surface area contributed by atoms with Gasteiger partial charge in [-0.2, -0.15) is 0 Å². The van der Waals surface area contributed by atoms with Gasteiger partial charge in [-0.3, -0.25) is 10.5 Å². The van der Waals surface area contributed by atoms with Gasteiger partial charge in [0.25, 0.3) is 0 Å². The zero-order chi connectivity index (χ0) is 13.1. The largest absolute Gasteiger partial charge is 0.388 e. The van der Waals surface area contributed by atoms with Gasteiger partial charge in [0.2, 0.25) is 0 Å². The normalized spacial score (nSPS) is 16.6. The summed E-state index contributed by atoms with van der Waals surface area (Å²) < 4.78 is 5.26. The fourth-order valence-electron chi connectivity index (χ4n) is 1.84. The van der Waals surface area contributed by atoms with E-state index < -0.39 is 11.8 Å². The van der Waals surface area contributed by atoms with Crippen LogP contribution in [-0.2, 0) is 10.5 Å². The van der Waals surface area contributed by atoms with Crippen molar-refractivity contribution >= 4 is 6.29 Å². The number of benzene rings is 1. The van der Waals surface area contributed by atoms with E-state index in [9.17, 15) is 9.90 Å². The van der Waals surface area contributed by atoms with Crippen molar-refractivity contribution in [1.82, 2.24) is 0 Å². The van der Waals surface area contributed by atoms with Crippen LogP contribution in [0.5, 0.6) is 0 Å². The molecule has 0 radical (unpaired) electrons. The number of aliphatic hydroxyl groups excluding tert-OH is 1. The van der Waals surface area contributed by atoms with Gasteiger partial charge in [0.05, 0.1) is 0 Å². The van der Waals surface area contributed by atoms with Crippen LogP contribution >= 0.6 is 0 Å². The van der Waals surface area contributed by atoms with Crippen LogP contribution in [0.2, 0.25) is 0 Å². The zero-order valence-electron chi connectivity index (χ0n) is 10.4. The number of hydrogen-bond donors (Lipinski definition) is 2. The van der Waals surface area contributed by atoms with E-state index in [2.05, 4.69) is 0 Å². The van der Waals surface area contributed by atoms with Crippen molar-refractivity contribution < 1.29 is 14.6 Å². The van der Waals surface area contributed by atoms with Crippen LogP contribution in [0.15, 0.2) is 24.3 Å². The van der Waals surface area contributed by atoms with Crippen LogP contribution < -0.4 is 5.73 Å². The van der Waals surface area contributed by atoms with Gasteiger partial charge in [0.1, 0.15) is 12.4 Å². The van der Waals surface area contributed by atoms with E-state index in [1.54, 1.807) is 24.3 Å². The fourth-order valence-corrected chi connectivity index (χ4v) is 1.84. The third-order valence-corrected chi connectivity index (χ3v) is 2.92. The summed E-state index contributed by atoms with van der Waals surface area (Å²) in [7, 11) is 1.42. The molecular weight excluding hydrogens is 218 g/mol. The highest BCUT2D eigenvalue weighted by molar-refractivity contribution is 5.77. The van der Waals surface area contributed by atoms with E-state index in [1.807, 2.05) is 13.8 Å². The topological polar surface area (TPSA) is 72.5 Å². The molecule has 0 aromatic heterocycles. The minimum Gasteiger partial charge on any atom is -0.388 e. The first-order chi connectivity index (χ1) is 7.97. The van der Waals surface area contributed by atoms with Crippen LogP contribution in [0.1, 0.15) is 29.8 Å². The molecule has 0 heterocycles. The Kier molecular flexibility index (Phi) is 4.40. The summed E-state index contributed by atoms with van der Waals surface area (Å²) in [6.45, 7) is 3.68. The maximum Gasteiger partial charge on any atom is 0.169 e. The minimum absolute atomic E-state index is 0.0836. The number of ether oxygens (including phenoxy) is 1. The molecule has 17 heavy (non-hydrogen) atoms. The maximum atomic E-state index is 11.0. The predicted octanol–water partition coefficient (Wildman–Crippen LogP) is 1.27. The van der Waals surface area contributed by atoms with Crippen LogP contribution in [-0.4, -0.2) is 24.6 Å². The lowest BCUT2D eigenvalue weighted by molar-refractivity contribution is -0.122. The highest BCUT2D eigenvalue weighted by Crippen LogP contribution is 2.29. The molecular formula is C13H19NO3. The van der Waals surface area contributed by atoms with Crippen LogP contribution in [0.4, 0.5) is 0 Å². The van der Waals surface area contributed by atoms with Gasteiger partial charge in [-0.15, -0.1) is 0 Å². The molecule has 4 nitrogen and oxygen atoms in total. The number of aliphatic hydroxyl groups is 1. The van der Waals surface area contributed by atoms with Crippen molar-refractivity contribution in [1.29, 1.82) is 0 Å². The van der Waals surface area contributed by atoms with E-state index in [4.69, 9.17) is 10.5 Å². The predicted molar refractivity (Wildman–Crippen MR) is 65.5 cm³/mol. The van der Waals surface area contributed by atoms with E-state index in [1.165, 1.54) is 7.11 Å². The van der Waals surface area contributed by atoms with Crippen LogP contribution in [0, 0.1) is 5.92 Å². The van der Waals surface area contributed by atoms with Crippen LogP contribution in [0.25, 0.3) is 0 Å². The number of rotatable bonds is 5. The van der Waals surface area contributed by atoms with Gasteiger partial charge in [-0.05, 0) is 5.92 Å². The lowest BCUT2D eigenvalue weighted by Crippen LogP contribution is -2.52. The van der Waals surface area contributed by atoms with Crippen molar-refractivity contribution in [3.63, 3.8) is 0 Å². The Balaban J connectivity index is 3.29. The molecule has 1 rings (SSSR count). The van der Waals surface area contributed by atoms with Gasteiger partial charge in [-0.25, -0.2) is 0 Å². The van der Waals surface area contributed by atoms with Crippen molar-refractivity contribution in [3.8, 4) is 0 Å². The van der Waals surface area contributed by atoms with Crippen LogP contribution in [0.3, 0.4) is 0 Å². The first-order valence-electron chi connectivity index (χ1n) is 5.54. The maximum absolute atomic E-state index is 11.0. The molecule has 0 saturated heterocycles. The fraction of sp³-hybridized carbons (Fsp3) is 0.462. The van der Waals surface area contributed by atoms with Crippen molar-refractivity contribution in [2.45, 2.75) is 25.7 Å². The van der Waals surface area contributed by atoms with Crippen molar-refractivity contribution in [3.05, 3.63) is 35.4 Å². The smallest absolute Gasteiger partial charge is 0.169 e. The summed E-state index contributed by atoms with van der Waals surface area (Å²) in [5, 5.41) is 10.2. The van der Waals surface area contributed by atoms with Crippen molar-refractivity contribution in [2.75, 3.05) is 7.11 Å². The Bertz CT molecular complexity index is 392. The number of hydrogen-bond acceptors (Lipinski definition) is 4. The summed E-state index contributed by atoms with van der Waals surface area (Å²) >= 11 is 0. The van der Waals surface area contributed by atoms with E-state index in [0.717, 1.165) is 0 Å². The van der Waals surface area contributed by atoms with E-state index in [-0.39, 0.29) is 5.92 Å². The molecule has 0 spiro atoms. The lowest BCUT2D eigenvalue weighted by atomic mass is 9.88. The molecule has 0 aliphatic rings. The molecule has 3 N–H and O–H groups in total. The molecule has 0 aliphatic carbocycles. The summed E-state index contributed by atoms with van der Waals surface area (Å²) in [6.07, 6.45) is -0.183. The average Bonchev–Trinajstić information content (AvgIpc) is 2.36. The summed E-state index contributed by atoms with van der Waals surface area (Å²) in [5.41, 5.74) is 5.67. The first-order valence-corrected chi connectivity index (χ1v) is 5.54. The molecule has 1 aromatic carbocycles. The minimum atomic E-state index is -1.37. The molecule has 2 atom stereocenters. The van der Waals surface area contributed by atoms with Gasteiger partial charge in [0, 0.05) is 18.2 Å². The number of carbonyl (C=O) groups is 1. The molecule has 0 unspecified atom stereocenters. The van der Waals surface area contributed by atoms with Gasteiger partial charge >= 0.3 is 0 Å². The molecule has 0 amide bonds. The molecule has 0 bridgehead atoms. The Morgan fingerprint density at radius 1 is 1.41 bits per heavy atom.